The average molecular weight is 386 g/mol. The molecule has 1 aliphatic heterocycles. The third-order valence-electron chi connectivity index (χ3n) is 6.19. The molecule has 0 fully saturated rings. The number of hydrogen-bond acceptors (Lipinski definition) is 3. The molecule has 0 spiro atoms. The Kier molecular flexibility index (Phi) is 4.38. The third kappa shape index (κ3) is 3.01. The van der Waals surface area contributed by atoms with E-state index in [2.05, 4.69) is 31.2 Å². The molecule has 5 rings (SSSR count). The number of anilines is 2. The summed E-state index contributed by atoms with van der Waals surface area (Å²) in [6.07, 6.45) is 5.97. The van der Waals surface area contributed by atoms with Gasteiger partial charge in [-0.3, -0.25) is 4.79 Å². The van der Waals surface area contributed by atoms with E-state index < -0.39 is 0 Å². The molecule has 0 saturated heterocycles. The van der Waals surface area contributed by atoms with Gasteiger partial charge in [0, 0.05) is 29.2 Å². The van der Waals surface area contributed by atoms with Gasteiger partial charge in [-0.05, 0) is 75.3 Å². The molecule has 2 heterocycles. The van der Waals surface area contributed by atoms with E-state index in [0.717, 1.165) is 66.7 Å². The number of nitrogens with two attached hydrogens (primary N) is 1. The van der Waals surface area contributed by atoms with Crippen LogP contribution in [0.3, 0.4) is 0 Å². The van der Waals surface area contributed by atoms with Crippen molar-refractivity contribution in [3.05, 3.63) is 70.5 Å². The van der Waals surface area contributed by atoms with Gasteiger partial charge in [-0.25, -0.2) is 4.68 Å². The molecule has 5 nitrogen and oxygen atoms in total. The molecule has 2 aliphatic rings. The van der Waals surface area contributed by atoms with Crippen molar-refractivity contribution in [1.82, 2.24) is 9.78 Å². The minimum atomic E-state index is 0.000520. The van der Waals surface area contributed by atoms with Gasteiger partial charge < -0.3 is 10.6 Å². The Morgan fingerprint density at radius 3 is 2.55 bits per heavy atom. The van der Waals surface area contributed by atoms with E-state index >= 15 is 0 Å². The second-order valence-corrected chi connectivity index (χ2v) is 8.13. The van der Waals surface area contributed by atoms with E-state index in [-0.39, 0.29) is 5.91 Å². The van der Waals surface area contributed by atoms with Crippen molar-refractivity contribution < 1.29 is 4.79 Å². The highest BCUT2D eigenvalue weighted by atomic mass is 16.2. The lowest BCUT2D eigenvalue weighted by molar-refractivity contribution is 0.0979. The number of benzene rings is 2. The molecule has 1 amide bonds. The molecule has 0 unspecified atom stereocenters. The van der Waals surface area contributed by atoms with Crippen molar-refractivity contribution in [2.45, 2.75) is 45.4 Å². The topological polar surface area (TPSA) is 64.2 Å². The number of aromatic nitrogens is 2. The summed E-state index contributed by atoms with van der Waals surface area (Å²) in [5.74, 6) is 0.000520. The summed E-state index contributed by atoms with van der Waals surface area (Å²) in [7, 11) is 0. The summed E-state index contributed by atoms with van der Waals surface area (Å²) >= 11 is 0. The van der Waals surface area contributed by atoms with Gasteiger partial charge in [-0.1, -0.05) is 23.8 Å². The first kappa shape index (κ1) is 18.0. The van der Waals surface area contributed by atoms with Crippen LogP contribution in [0.5, 0.6) is 0 Å². The number of rotatable bonds is 2. The van der Waals surface area contributed by atoms with E-state index in [4.69, 9.17) is 10.8 Å². The van der Waals surface area contributed by atoms with Gasteiger partial charge in [0.2, 0.25) is 0 Å². The van der Waals surface area contributed by atoms with Crippen LogP contribution >= 0.6 is 0 Å². The number of hydrogen-bond donors (Lipinski definition) is 1. The molecule has 0 atom stereocenters. The zero-order valence-corrected chi connectivity index (χ0v) is 16.8. The molecule has 3 aromatic rings. The molecule has 2 N–H and O–H groups in total. The molecule has 2 aromatic carbocycles. The number of amides is 1. The minimum Gasteiger partial charge on any atom is -0.398 e. The maximum atomic E-state index is 13.7. The lowest BCUT2D eigenvalue weighted by Crippen LogP contribution is -2.36. The Bertz CT molecular complexity index is 1080. The fourth-order valence-electron chi connectivity index (χ4n) is 4.66. The largest absolute Gasteiger partial charge is 0.398 e. The summed E-state index contributed by atoms with van der Waals surface area (Å²) in [6.45, 7) is 2.79. The van der Waals surface area contributed by atoms with E-state index in [9.17, 15) is 4.79 Å². The fraction of sp³-hybridized carbons (Fsp3) is 0.333. The van der Waals surface area contributed by atoms with Crippen LogP contribution in [0.1, 0.15) is 52.1 Å². The molecule has 0 bridgehead atoms. The van der Waals surface area contributed by atoms with E-state index in [1.807, 2.05) is 27.8 Å². The number of nitrogen functional groups attached to an aromatic ring is 1. The second kappa shape index (κ2) is 7.07. The molecule has 1 aliphatic carbocycles. The molecule has 5 heteroatoms. The SMILES string of the molecule is Cc1ccc(-n2nc(C(=O)N3CCCc4c(N)cccc43)c3c2CCCC3)cc1. The highest BCUT2D eigenvalue weighted by Crippen LogP contribution is 2.34. The van der Waals surface area contributed by atoms with Gasteiger partial charge in [-0.2, -0.15) is 5.10 Å². The Labute approximate surface area is 171 Å². The first-order valence-corrected chi connectivity index (χ1v) is 10.5. The van der Waals surface area contributed by atoms with Crippen LogP contribution in [0, 0.1) is 6.92 Å². The Morgan fingerprint density at radius 2 is 1.72 bits per heavy atom. The van der Waals surface area contributed by atoms with Crippen molar-refractivity contribution in [3.63, 3.8) is 0 Å². The monoisotopic (exact) mass is 386 g/mol. The number of aryl methyl sites for hydroxylation is 1. The zero-order chi connectivity index (χ0) is 20.0. The average Bonchev–Trinajstić information content (AvgIpc) is 3.14. The van der Waals surface area contributed by atoms with Gasteiger partial charge in [-0.15, -0.1) is 0 Å². The van der Waals surface area contributed by atoms with Crippen LogP contribution in [-0.2, 0) is 19.3 Å². The molecule has 1 aromatic heterocycles. The predicted octanol–water partition coefficient (Wildman–Crippen LogP) is 4.23. The van der Waals surface area contributed by atoms with Crippen LogP contribution in [-0.4, -0.2) is 22.2 Å². The van der Waals surface area contributed by atoms with E-state index in [1.165, 1.54) is 11.3 Å². The Balaban J connectivity index is 1.60. The van der Waals surface area contributed by atoms with Crippen molar-refractivity contribution in [2.75, 3.05) is 17.2 Å². The number of fused-ring (bicyclic) bond motifs is 2. The van der Waals surface area contributed by atoms with Gasteiger partial charge in [0.05, 0.1) is 5.69 Å². The lowest BCUT2D eigenvalue weighted by atomic mass is 9.94. The van der Waals surface area contributed by atoms with Crippen molar-refractivity contribution in [3.8, 4) is 5.69 Å². The summed E-state index contributed by atoms with van der Waals surface area (Å²) in [5.41, 5.74) is 14.1. The summed E-state index contributed by atoms with van der Waals surface area (Å²) in [4.78, 5) is 15.5. The van der Waals surface area contributed by atoms with Crippen molar-refractivity contribution in [1.29, 1.82) is 0 Å². The number of carbonyl (C=O) groups is 1. The molecular weight excluding hydrogens is 360 g/mol. The van der Waals surface area contributed by atoms with Crippen LogP contribution in [0.4, 0.5) is 11.4 Å². The van der Waals surface area contributed by atoms with Crippen molar-refractivity contribution >= 4 is 17.3 Å². The number of carbonyl (C=O) groups excluding carboxylic acids is 1. The van der Waals surface area contributed by atoms with Gasteiger partial charge >= 0.3 is 0 Å². The zero-order valence-electron chi connectivity index (χ0n) is 16.8. The van der Waals surface area contributed by atoms with Gasteiger partial charge in [0.1, 0.15) is 0 Å². The maximum Gasteiger partial charge on any atom is 0.279 e. The molecule has 29 heavy (non-hydrogen) atoms. The smallest absolute Gasteiger partial charge is 0.279 e. The highest BCUT2D eigenvalue weighted by Gasteiger charge is 2.31. The first-order valence-electron chi connectivity index (χ1n) is 10.5. The Morgan fingerprint density at radius 1 is 0.966 bits per heavy atom. The molecule has 148 valence electrons. The third-order valence-corrected chi connectivity index (χ3v) is 6.19. The Hall–Kier alpha value is -3.08. The standard InChI is InChI=1S/C24H26N4O/c1-16-11-13-17(14-12-16)28-22-9-3-2-6-19(22)23(26-28)24(29)27-15-5-7-18-20(25)8-4-10-21(18)27/h4,8,10-14H,2-3,5-7,9,15,25H2,1H3. The first-order chi connectivity index (χ1) is 14.1. The second-order valence-electron chi connectivity index (χ2n) is 8.13. The van der Waals surface area contributed by atoms with Crippen LogP contribution in [0.2, 0.25) is 0 Å². The quantitative estimate of drug-likeness (QED) is 0.670. The van der Waals surface area contributed by atoms with Gasteiger partial charge in [0.15, 0.2) is 5.69 Å². The van der Waals surface area contributed by atoms with Crippen LogP contribution in [0.15, 0.2) is 42.5 Å². The lowest BCUT2D eigenvalue weighted by Gasteiger charge is -2.30. The van der Waals surface area contributed by atoms with Crippen LogP contribution in [0.25, 0.3) is 5.69 Å². The predicted molar refractivity (Wildman–Crippen MR) is 116 cm³/mol. The summed E-state index contributed by atoms with van der Waals surface area (Å²) in [5, 5.41) is 4.86. The fourth-order valence-corrected chi connectivity index (χ4v) is 4.66. The molecule has 0 saturated carbocycles. The van der Waals surface area contributed by atoms with Crippen LogP contribution < -0.4 is 10.6 Å². The molecule has 0 radical (unpaired) electrons. The summed E-state index contributed by atoms with van der Waals surface area (Å²) < 4.78 is 1.99. The molecular formula is C24H26N4O. The highest BCUT2D eigenvalue weighted by molar-refractivity contribution is 6.07. The maximum absolute atomic E-state index is 13.7. The van der Waals surface area contributed by atoms with Gasteiger partial charge in [0.25, 0.3) is 5.91 Å². The van der Waals surface area contributed by atoms with Crippen molar-refractivity contribution in [2.24, 2.45) is 0 Å². The van der Waals surface area contributed by atoms with E-state index in [0.29, 0.717) is 12.2 Å². The van der Waals surface area contributed by atoms with E-state index in [1.54, 1.807) is 0 Å². The normalized spacial score (nSPS) is 15.7. The summed E-state index contributed by atoms with van der Waals surface area (Å²) in [6, 6.07) is 14.2. The minimum absolute atomic E-state index is 0.000520. The number of nitrogens with zero attached hydrogens (tertiary/aromatic N) is 3.